The van der Waals surface area contributed by atoms with Crippen molar-refractivity contribution in [3.63, 3.8) is 0 Å². The maximum absolute atomic E-state index is 13.2. The Morgan fingerprint density at radius 2 is 1.71 bits per heavy atom. The van der Waals surface area contributed by atoms with E-state index in [0.717, 1.165) is 44.5 Å². The fraction of sp³-hybridized carbons (Fsp3) is 0.536. The van der Waals surface area contributed by atoms with Crippen molar-refractivity contribution in [3.05, 3.63) is 66.2 Å². The van der Waals surface area contributed by atoms with Gasteiger partial charge in [0.25, 0.3) is 0 Å². The number of benzene rings is 2. The van der Waals surface area contributed by atoms with Crippen LogP contribution in [0.1, 0.15) is 51.5 Å². The first-order valence-electron chi connectivity index (χ1n) is 12.8. The molecule has 3 atom stereocenters. The van der Waals surface area contributed by atoms with Gasteiger partial charge in [0.1, 0.15) is 5.78 Å². The Bertz CT molecular complexity index is 1030. The molecule has 1 N–H and O–H groups in total. The van der Waals surface area contributed by atoms with E-state index >= 15 is 0 Å². The van der Waals surface area contributed by atoms with E-state index in [9.17, 15) is 13.2 Å². The van der Waals surface area contributed by atoms with Crippen LogP contribution in [0.25, 0.3) is 0 Å². The molecule has 1 saturated heterocycles. The Kier molecular flexibility index (Phi) is 10.0. The molecule has 0 aliphatic carbocycles. The summed E-state index contributed by atoms with van der Waals surface area (Å²) in [6.07, 6.45) is 2.73. The molecule has 7 heteroatoms. The first-order chi connectivity index (χ1) is 16.7. The van der Waals surface area contributed by atoms with Crippen molar-refractivity contribution in [2.45, 2.75) is 57.0 Å². The lowest BCUT2D eigenvalue weighted by molar-refractivity contribution is -0.128. The van der Waals surface area contributed by atoms with Gasteiger partial charge in [-0.25, -0.2) is 12.7 Å². The molecule has 1 fully saturated rings. The van der Waals surface area contributed by atoms with Crippen LogP contribution in [-0.2, 0) is 14.8 Å². The Morgan fingerprint density at radius 1 is 1.09 bits per heavy atom. The molecule has 0 bridgehead atoms. The summed E-state index contributed by atoms with van der Waals surface area (Å²) in [5.41, 5.74) is 1.15. The molecule has 6 nitrogen and oxygen atoms in total. The summed E-state index contributed by atoms with van der Waals surface area (Å²) in [6, 6.07) is 18.8. The quantitative estimate of drug-likeness (QED) is 0.470. The first kappa shape index (κ1) is 27.5. The normalized spacial score (nSPS) is 20.3. The number of hydrogen-bond acceptors (Lipinski definition) is 5. The average molecular weight is 500 g/mol. The lowest BCUT2D eigenvalue weighted by Gasteiger charge is -2.40. The van der Waals surface area contributed by atoms with Gasteiger partial charge in [-0.05, 0) is 49.4 Å². The van der Waals surface area contributed by atoms with Crippen molar-refractivity contribution in [1.82, 2.24) is 14.5 Å². The fourth-order valence-corrected chi connectivity index (χ4v) is 6.29. The third kappa shape index (κ3) is 7.23. The van der Waals surface area contributed by atoms with E-state index in [2.05, 4.69) is 29.3 Å². The highest BCUT2D eigenvalue weighted by molar-refractivity contribution is 7.89. The minimum absolute atomic E-state index is 0.0667. The van der Waals surface area contributed by atoms with Gasteiger partial charge < -0.3 is 5.32 Å². The highest BCUT2D eigenvalue weighted by Crippen LogP contribution is 2.28. The smallest absolute Gasteiger partial charge is 0.242 e. The zero-order valence-electron chi connectivity index (χ0n) is 21.6. The molecule has 0 amide bonds. The predicted octanol–water partition coefficient (Wildman–Crippen LogP) is 4.35. The fourth-order valence-electron chi connectivity index (χ4n) is 5.05. The van der Waals surface area contributed by atoms with Crippen molar-refractivity contribution in [1.29, 1.82) is 0 Å². The largest absolute Gasteiger partial charge is 0.302 e. The third-order valence-corrected chi connectivity index (χ3v) is 8.93. The third-order valence-electron chi connectivity index (χ3n) is 7.09. The summed E-state index contributed by atoms with van der Waals surface area (Å²) >= 11 is 0. The first-order valence-corrected chi connectivity index (χ1v) is 14.3. The van der Waals surface area contributed by atoms with Gasteiger partial charge in [-0.3, -0.25) is 9.69 Å². The Labute approximate surface area is 211 Å². The van der Waals surface area contributed by atoms with E-state index in [-0.39, 0.29) is 23.9 Å². The summed E-state index contributed by atoms with van der Waals surface area (Å²) < 4.78 is 27.8. The number of Topliss-reactive ketones (excluding diaryl/α,β-unsaturated/α-hetero) is 1. The second kappa shape index (κ2) is 12.8. The van der Waals surface area contributed by atoms with E-state index in [0.29, 0.717) is 17.2 Å². The lowest BCUT2D eigenvalue weighted by Crippen LogP contribution is -2.52. The zero-order chi connectivity index (χ0) is 25.4. The monoisotopic (exact) mass is 499 g/mol. The van der Waals surface area contributed by atoms with E-state index < -0.39 is 10.0 Å². The lowest BCUT2D eigenvalue weighted by atomic mass is 9.85. The standard InChI is InChI=1S/C28H41N3O3S/c1-5-29-27-20-24(28(32)22(2)3)16-18-31(27)19-17-25(23-12-8-6-9-13-23)21-30(4)35(33,34)26-14-10-7-11-15-26/h6-15,22,24-25,27,29H,5,16-21H2,1-4H3/t24-,25?,27+/m0/s1. The van der Waals surface area contributed by atoms with Gasteiger partial charge in [-0.15, -0.1) is 0 Å². The topological polar surface area (TPSA) is 69.7 Å². The molecule has 192 valence electrons. The second-order valence-electron chi connectivity index (χ2n) is 9.88. The molecule has 1 aliphatic heterocycles. The van der Waals surface area contributed by atoms with Crippen LogP contribution >= 0.6 is 0 Å². The molecular formula is C28H41N3O3S. The number of rotatable bonds is 12. The van der Waals surface area contributed by atoms with Gasteiger partial charge in [0.05, 0.1) is 11.1 Å². The number of likely N-dealkylation sites (tertiary alicyclic amines) is 1. The van der Waals surface area contributed by atoms with Crippen LogP contribution in [-0.4, -0.2) is 62.8 Å². The summed E-state index contributed by atoms with van der Waals surface area (Å²) in [5.74, 6) is 0.611. The number of carbonyl (C=O) groups excluding carboxylic acids is 1. The molecular weight excluding hydrogens is 458 g/mol. The molecule has 1 heterocycles. The Balaban J connectivity index is 1.72. The number of nitrogens with zero attached hydrogens (tertiary/aromatic N) is 2. The summed E-state index contributed by atoms with van der Waals surface area (Å²) in [7, 11) is -1.89. The number of nitrogens with one attached hydrogen (secondary N) is 1. The molecule has 1 aliphatic rings. The number of carbonyl (C=O) groups is 1. The summed E-state index contributed by atoms with van der Waals surface area (Å²) in [5, 5.41) is 3.58. The Hall–Kier alpha value is -2.06. The molecule has 0 aromatic heterocycles. The highest BCUT2D eigenvalue weighted by Gasteiger charge is 2.33. The zero-order valence-corrected chi connectivity index (χ0v) is 22.4. The molecule has 0 saturated carbocycles. The van der Waals surface area contributed by atoms with E-state index in [4.69, 9.17) is 0 Å². The minimum Gasteiger partial charge on any atom is -0.302 e. The van der Waals surface area contributed by atoms with Crippen LogP contribution in [0.3, 0.4) is 0 Å². The SMILES string of the molecule is CCN[C@H]1C[C@@H](C(=O)C(C)C)CCN1CCC(CN(C)S(=O)(=O)c1ccccc1)c1ccccc1. The maximum Gasteiger partial charge on any atom is 0.242 e. The number of sulfonamides is 1. The molecule has 35 heavy (non-hydrogen) atoms. The van der Waals surface area contributed by atoms with Crippen LogP contribution in [0.2, 0.25) is 0 Å². The van der Waals surface area contributed by atoms with Crippen LogP contribution < -0.4 is 5.32 Å². The number of ketones is 1. The van der Waals surface area contributed by atoms with Crippen molar-refractivity contribution >= 4 is 15.8 Å². The molecule has 2 aromatic rings. The molecule has 2 aromatic carbocycles. The second-order valence-corrected chi connectivity index (χ2v) is 11.9. The Morgan fingerprint density at radius 3 is 2.31 bits per heavy atom. The van der Waals surface area contributed by atoms with Crippen LogP contribution in [0, 0.1) is 11.8 Å². The number of likely N-dealkylation sites (N-methyl/N-ethyl adjacent to an activating group) is 1. The van der Waals surface area contributed by atoms with Crippen LogP contribution in [0.4, 0.5) is 0 Å². The van der Waals surface area contributed by atoms with Crippen molar-refractivity contribution in [3.8, 4) is 0 Å². The van der Waals surface area contributed by atoms with Crippen molar-refractivity contribution in [2.24, 2.45) is 11.8 Å². The van der Waals surface area contributed by atoms with E-state index in [1.165, 1.54) is 4.31 Å². The maximum atomic E-state index is 13.2. The van der Waals surface area contributed by atoms with Gasteiger partial charge in [0.15, 0.2) is 0 Å². The van der Waals surface area contributed by atoms with Gasteiger partial charge in [0, 0.05) is 38.5 Å². The van der Waals surface area contributed by atoms with Crippen molar-refractivity contribution in [2.75, 3.05) is 33.2 Å². The highest BCUT2D eigenvalue weighted by atomic mass is 32.2. The predicted molar refractivity (Wildman–Crippen MR) is 142 cm³/mol. The van der Waals surface area contributed by atoms with Gasteiger partial charge in [0.2, 0.25) is 10.0 Å². The molecule has 0 radical (unpaired) electrons. The number of piperidine rings is 1. The van der Waals surface area contributed by atoms with E-state index in [1.807, 2.05) is 38.1 Å². The minimum atomic E-state index is -3.56. The van der Waals surface area contributed by atoms with Crippen LogP contribution in [0.15, 0.2) is 65.6 Å². The average Bonchev–Trinajstić information content (AvgIpc) is 2.87. The molecule has 3 rings (SSSR count). The van der Waals surface area contributed by atoms with Crippen molar-refractivity contribution < 1.29 is 13.2 Å². The van der Waals surface area contributed by atoms with Gasteiger partial charge in [-0.1, -0.05) is 69.3 Å². The van der Waals surface area contributed by atoms with E-state index in [1.54, 1.807) is 31.3 Å². The molecule has 1 unspecified atom stereocenters. The summed E-state index contributed by atoms with van der Waals surface area (Å²) in [4.78, 5) is 15.4. The van der Waals surface area contributed by atoms with Gasteiger partial charge in [-0.2, -0.15) is 0 Å². The number of hydrogen-bond donors (Lipinski definition) is 1. The molecule has 0 spiro atoms. The summed E-state index contributed by atoms with van der Waals surface area (Å²) in [6.45, 7) is 9.06. The van der Waals surface area contributed by atoms with Gasteiger partial charge >= 0.3 is 0 Å². The van der Waals surface area contributed by atoms with Crippen LogP contribution in [0.5, 0.6) is 0 Å².